The van der Waals surface area contributed by atoms with Crippen molar-refractivity contribution in [3.05, 3.63) is 35.4 Å². The van der Waals surface area contributed by atoms with E-state index in [0.717, 1.165) is 19.6 Å². The van der Waals surface area contributed by atoms with Gasteiger partial charge >= 0.3 is 5.97 Å². The van der Waals surface area contributed by atoms with Gasteiger partial charge in [0, 0.05) is 31.7 Å². The van der Waals surface area contributed by atoms with Crippen LogP contribution in [-0.2, 0) is 6.54 Å². The monoisotopic (exact) mass is 331 g/mol. The Labute approximate surface area is 144 Å². The number of carboxylic acid groups (broad SMARTS) is 1. The van der Waals surface area contributed by atoms with Gasteiger partial charge in [-0.2, -0.15) is 0 Å². The molecule has 0 unspecified atom stereocenters. The van der Waals surface area contributed by atoms with Crippen LogP contribution in [0.5, 0.6) is 0 Å². The molecule has 1 spiro atoms. The molecular formula is C19H29N3O2. The van der Waals surface area contributed by atoms with Gasteiger partial charge < -0.3 is 10.0 Å². The zero-order valence-corrected chi connectivity index (χ0v) is 14.9. The highest BCUT2D eigenvalue weighted by molar-refractivity contribution is 5.87. The summed E-state index contributed by atoms with van der Waals surface area (Å²) in [5.41, 5.74) is 1.89. The van der Waals surface area contributed by atoms with Crippen LogP contribution in [0.25, 0.3) is 0 Å². The van der Waals surface area contributed by atoms with Crippen molar-refractivity contribution in [3.8, 4) is 0 Å². The molecule has 0 aromatic heterocycles. The standard InChI is InChI=1S/C19H29N3O2/c1-20-10-3-11-21(2)19(15-20)8-12-22(13-9-19)14-16-4-6-17(7-5-16)18(23)24/h4-7H,3,8-15H2,1-2H3,(H,23,24). The third-order valence-electron chi connectivity index (χ3n) is 5.80. The van der Waals surface area contributed by atoms with Crippen molar-refractivity contribution in [1.29, 1.82) is 0 Å². The molecule has 1 aromatic carbocycles. The third-order valence-corrected chi connectivity index (χ3v) is 5.80. The Bertz CT molecular complexity index is 564. The number of hydrogen-bond acceptors (Lipinski definition) is 4. The number of carbonyl (C=O) groups is 1. The van der Waals surface area contributed by atoms with Gasteiger partial charge in [0.05, 0.1) is 5.56 Å². The van der Waals surface area contributed by atoms with Crippen molar-refractivity contribution in [1.82, 2.24) is 14.7 Å². The maximum atomic E-state index is 10.9. The molecule has 0 atom stereocenters. The molecule has 24 heavy (non-hydrogen) atoms. The minimum absolute atomic E-state index is 0.328. The van der Waals surface area contributed by atoms with Gasteiger partial charge in [0.1, 0.15) is 0 Å². The molecule has 0 bridgehead atoms. The van der Waals surface area contributed by atoms with Crippen LogP contribution in [0.4, 0.5) is 0 Å². The minimum atomic E-state index is -0.859. The summed E-state index contributed by atoms with van der Waals surface area (Å²) in [6.45, 7) is 6.70. The number of aromatic carboxylic acids is 1. The Morgan fingerprint density at radius 3 is 2.38 bits per heavy atom. The van der Waals surface area contributed by atoms with Crippen LogP contribution in [0, 0.1) is 0 Å². The molecule has 0 saturated carbocycles. The van der Waals surface area contributed by atoms with Crippen molar-refractivity contribution in [2.45, 2.75) is 31.3 Å². The van der Waals surface area contributed by atoms with Gasteiger partial charge in [0.25, 0.3) is 0 Å². The van der Waals surface area contributed by atoms with E-state index in [9.17, 15) is 4.79 Å². The molecule has 0 aliphatic carbocycles. The van der Waals surface area contributed by atoms with Gasteiger partial charge in [-0.25, -0.2) is 4.79 Å². The molecule has 0 radical (unpaired) electrons. The lowest BCUT2D eigenvalue weighted by molar-refractivity contribution is 0.0295. The van der Waals surface area contributed by atoms with Crippen LogP contribution in [0.3, 0.4) is 0 Å². The fourth-order valence-corrected chi connectivity index (χ4v) is 4.20. The van der Waals surface area contributed by atoms with E-state index in [1.807, 2.05) is 12.1 Å². The Kier molecular flexibility index (Phi) is 5.23. The molecule has 2 heterocycles. The highest BCUT2D eigenvalue weighted by Gasteiger charge is 2.39. The van der Waals surface area contributed by atoms with Gasteiger partial charge in [-0.1, -0.05) is 12.1 Å². The van der Waals surface area contributed by atoms with E-state index in [0.29, 0.717) is 11.1 Å². The summed E-state index contributed by atoms with van der Waals surface area (Å²) >= 11 is 0. The predicted molar refractivity (Wildman–Crippen MR) is 95.4 cm³/mol. The molecule has 0 amide bonds. The quantitative estimate of drug-likeness (QED) is 0.918. The number of likely N-dealkylation sites (N-methyl/N-ethyl adjacent to an activating group) is 2. The Balaban J connectivity index is 1.59. The Hall–Kier alpha value is -1.43. The molecule has 132 valence electrons. The first-order chi connectivity index (χ1) is 11.5. The number of nitrogens with zero attached hydrogens (tertiary/aromatic N) is 3. The lowest BCUT2D eigenvalue weighted by Gasteiger charge is -2.47. The summed E-state index contributed by atoms with van der Waals surface area (Å²) in [5.74, 6) is -0.859. The zero-order chi connectivity index (χ0) is 17.2. The highest BCUT2D eigenvalue weighted by atomic mass is 16.4. The van der Waals surface area contributed by atoms with Crippen LogP contribution >= 0.6 is 0 Å². The Morgan fingerprint density at radius 2 is 1.75 bits per heavy atom. The van der Waals surface area contributed by atoms with Crippen LogP contribution in [0.1, 0.15) is 35.2 Å². The molecule has 2 aliphatic rings. The highest BCUT2D eigenvalue weighted by Crippen LogP contribution is 2.31. The summed E-state index contributed by atoms with van der Waals surface area (Å²) in [6, 6.07) is 7.30. The predicted octanol–water partition coefficient (Wildman–Crippen LogP) is 1.99. The number of rotatable bonds is 3. The molecular weight excluding hydrogens is 302 g/mol. The van der Waals surface area contributed by atoms with E-state index in [4.69, 9.17) is 5.11 Å². The largest absolute Gasteiger partial charge is 0.478 e. The molecule has 3 rings (SSSR count). The summed E-state index contributed by atoms with van der Waals surface area (Å²) in [5, 5.41) is 8.99. The number of carboxylic acids is 1. The van der Waals surface area contributed by atoms with E-state index in [1.54, 1.807) is 12.1 Å². The smallest absolute Gasteiger partial charge is 0.335 e. The first kappa shape index (κ1) is 17.4. The van der Waals surface area contributed by atoms with Crippen molar-refractivity contribution < 1.29 is 9.90 Å². The van der Waals surface area contributed by atoms with Gasteiger partial charge in [-0.3, -0.25) is 9.80 Å². The number of benzene rings is 1. The van der Waals surface area contributed by atoms with E-state index >= 15 is 0 Å². The summed E-state index contributed by atoms with van der Waals surface area (Å²) in [6.07, 6.45) is 3.68. The molecule has 1 aromatic rings. The Morgan fingerprint density at radius 1 is 1.08 bits per heavy atom. The van der Waals surface area contributed by atoms with Gasteiger partial charge in [0.15, 0.2) is 0 Å². The van der Waals surface area contributed by atoms with Crippen molar-refractivity contribution in [2.75, 3.05) is 46.8 Å². The topological polar surface area (TPSA) is 47.0 Å². The van der Waals surface area contributed by atoms with E-state index in [2.05, 4.69) is 28.8 Å². The van der Waals surface area contributed by atoms with Gasteiger partial charge in [-0.05, 0) is 64.1 Å². The summed E-state index contributed by atoms with van der Waals surface area (Å²) in [4.78, 5) is 18.5. The molecule has 2 saturated heterocycles. The fraction of sp³-hybridized carbons (Fsp3) is 0.632. The summed E-state index contributed by atoms with van der Waals surface area (Å²) in [7, 11) is 4.54. The second-order valence-corrected chi connectivity index (χ2v) is 7.52. The van der Waals surface area contributed by atoms with Crippen molar-refractivity contribution in [3.63, 3.8) is 0 Å². The van der Waals surface area contributed by atoms with E-state index in [-0.39, 0.29) is 0 Å². The first-order valence-corrected chi connectivity index (χ1v) is 8.93. The lowest BCUT2D eigenvalue weighted by Crippen LogP contribution is -2.57. The van der Waals surface area contributed by atoms with E-state index in [1.165, 1.54) is 44.5 Å². The second-order valence-electron chi connectivity index (χ2n) is 7.52. The van der Waals surface area contributed by atoms with Gasteiger partial charge in [0.2, 0.25) is 0 Å². The average Bonchev–Trinajstić information content (AvgIpc) is 2.69. The molecule has 2 fully saturated rings. The average molecular weight is 331 g/mol. The van der Waals surface area contributed by atoms with Crippen LogP contribution in [0.2, 0.25) is 0 Å². The minimum Gasteiger partial charge on any atom is -0.478 e. The second kappa shape index (κ2) is 7.21. The van der Waals surface area contributed by atoms with Crippen LogP contribution in [0.15, 0.2) is 24.3 Å². The number of likely N-dealkylation sites (tertiary alicyclic amines) is 1. The number of piperidine rings is 1. The fourth-order valence-electron chi connectivity index (χ4n) is 4.20. The third kappa shape index (κ3) is 3.79. The van der Waals surface area contributed by atoms with Crippen LogP contribution < -0.4 is 0 Å². The van der Waals surface area contributed by atoms with E-state index < -0.39 is 5.97 Å². The number of hydrogen-bond donors (Lipinski definition) is 1. The molecule has 5 heteroatoms. The normalized spacial score (nSPS) is 23.2. The zero-order valence-electron chi connectivity index (χ0n) is 14.9. The maximum absolute atomic E-state index is 10.9. The summed E-state index contributed by atoms with van der Waals surface area (Å²) < 4.78 is 0. The van der Waals surface area contributed by atoms with Crippen molar-refractivity contribution >= 4 is 5.97 Å². The maximum Gasteiger partial charge on any atom is 0.335 e. The lowest BCUT2D eigenvalue weighted by atomic mass is 9.85. The SMILES string of the molecule is CN1CCCN(C)C2(CCN(Cc3ccc(C(=O)O)cc3)CC2)C1. The molecule has 1 N–H and O–H groups in total. The molecule has 5 nitrogen and oxygen atoms in total. The van der Waals surface area contributed by atoms with Gasteiger partial charge in [-0.15, -0.1) is 0 Å². The van der Waals surface area contributed by atoms with Crippen LogP contribution in [-0.4, -0.2) is 78.1 Å². The van der Waals surface area contributed by atoms with Crippen molar-refractivity contribution in [2.24, 2.45) is 0 Å². The molecule has 2 aliphatic heterocycles. The first-order valence-electron chi connectivity index (χ1n) is 8.93.